The lowest BCUT2D eigenvalue weighted by atomic mass is 9.72. The molecule has 3 atom stereocenters. The number of hydrogen-bond acceptors (Lipinski definition) is 3. The Morgan fingerprint density at radius 1 is 1.47 bits per heavy atom. The van der Waals surface area contributed by atoms with E-state index in [-0.39, 0.29) is 10.8 Å². The third-order valence-corrected chi connectivity index (χ3v) is 5.83. The van der Waals surface area contributed by atoms with Crippen LogP contribution in [0.4, 0.5) is 0 Å². The van der Waals surface area contributed by atoms with Crippen molar-refractivity contribution in [3.8, 4) is 6.07 Å². The molecule has 3 unspecified atom stereocenters. The summed E-state index contributed by atoms with van der Waals surface area (Å²) in [5, 5.41) is 13.0. The van der Waals surface area contributed by atoms with Gasteiger partial charge in [-0.3, -0.25) is 0 Å². The molecule has 1 aromatic heterocycles. The van der Waals surface area contributed by atoms with E-state index < -0.39 is 0 Å². The summed E-state index contributed by atoms with van der Waals surface area (Å²) < 4.78 is 0. The Morgan fingerprint density at radius 3 is 2.74 bits per heavy atom. The van der Waals surface area contributed by atoms with Crippen molar-refractivity contribution < 1.29 is 0 Å². The highest BCUT2D eigenvalue weighted by molar-refractivity contribution is 7.09. The Hall–Kier alpha value is -0.880. The first-order valence-electron chi connectivity index (χ1n) is 7.29. The van der Waals surface area contributed by atoms with Gasteiger partial charge in [-0.1, -0.05) is 27.2 Å². The monoisotopic (exact) mass is 274 g/mol. The molecule has 2 aliphatic rings. The Kier molecular flexibility index (Phi) is 2.98. The van der Waals surface area contributed by atoms with Gasteiger partial charge in [-0.05, 0) is 31.1 Å². The van der Waals surface area contributed by atoms with E-state index in [1.165, 1.54) is 30.0 Å². The van der Waals surface area contributed by atoms with Gasteiger partial charge in [-0.2, -0.15) is 5.26 Å². The average molecular weight is 274 g/mol. The molecule has 0 amide bonds. The van der Waals surface area contributed by atoms with Crippen LogP contribution in [0.3, 0.4) is 0 Å². The second kappa shape index (κ2) is 4.31. The Bertz CT molecular complexity index is 520. The van der Waals surface area contributed by atoms with Crippen molar-refractivity contribution in [3.63, 3.8) is 0 Å². The topological polar surface area (TPSA) is 36.7 Å². The molecule has 2 nitrogen and oxygen atoms in total. The van der Waals surface area contributed by atoms with Crippen molar-refractivity contribution in [2.24, 2.45) is 17.3 Å². The van der Waals surface area contributed by atoms with E-state index >= 15 is 0 Å². The number of aromatic nitrogens is 1. The minimum absolute atomic E-state index is 0.101. The lowest BCUT2D eigenvalue weighted by molar-refractivity contribution is 0.239. The first kappa shape index (κ1) is 13.1. The number of nitriles is 1. The third-order valence-electron chi connectivity index (χ3n) is 4.99. The average Bonchev–Trinajstić information content (AvgIpc) is 3.02. The maximum absolute atomic E-state index is 9.69. The van der Waals surface area contributed by atoms with Gasteiger partial charge < -0.3 is 0 Å². The highest BCUT2D eigenvalue weighted by Crippen LogP contribution is 2.57. The maximum Gasteiger partial charge on any atom is 0.0944 e. The van der Waals surface area contributed by atoms with Crippen molar-refractivity contribution in [2.45, 2.75) is 58.3 Å². The van der Waals surface area contributed by atoms with E-state index in [0.29, 0.717) is 5.92 Å². The van der Waals surface area contributed by atoms with Crippen molar-refractivity contribution in [1.29, 1.82) is 5.26 Å². The molecule has 0 N–H and O–H groups in total. The fourth-order valence-electron chi connectivity index (χ4n) is 3.84. The third kappa shape index (κ3) is 2.21. The quantitative estimate of drug-likeness (QED) is 0.805. The van der Waals surface area contributed by atoms with Gasteiger partial charge in [0.1, 0.15) is 0 Å². The van der Waals surface area contributed by atoms with Gasteiger partial charge in [0.25, 0.3) is 0 Å². The molecule has 2 fully saturated rings. The molecule has 0 radical (unpaired) electrons. The molecule has 3 rings (SSSR count). The molecule has 2 aliphatic carbocycles. The molecule has 0 aromatic carbocycles. The Balaban J connectivity index is 1.81. The standard InChI is InChI=1S/C16H22N2S/c1-15(2,3)13-9-19-14(18-13)8-16(10-17)7-11-4-5-12(16)6-11/h9,11-12H,4-8H2,1-3H3. The van der Waals surface area contributed by atoms with E-state index in [1.807, 2.05) is 0 Å². The van der Waals surface area contributed by atoms with Crippen LogP contribution >= 0.6 is 11.3 Å². The van der Waals surface area contributed by atoms with Crippen molar-refractivity contribution >= 4 is 11.3 Å². The summed E-state index contributed by atoms with van der Waals surface area (Å²) in [4.78, 5) is 4.79. The summed E-state index contributed by atoms with van der Waals surface area (Å²) in [6.07, 6.45) is 5.88. The largest absolute Gasteiger partial charge is 0.246 e. The van der Waals surface area contributed by atoms with E-state index in [2.05, 4.69) is 32.2 Å². The second-order valence-corrected chi connectivity index (χ2v) is 8.34. The lowest BCUT2D eigenvalue weighted by Crippen LogP contribution is -2.28. The minimum Gasteiger partial charge on any atom is -0.246 e. The van der Waals surface area contributed by atoms with Gasteiger partial charge in [0, 0.05) is 17.2 Å². The van der Waals surface area contributed by atoms with Gasteiger partial charge in [0.05, 0.1) is 22.2 Å². The predicted molar refractivity (Wildman–Crippen MR) is 78.0 cm³/mol. The first-order chi connectivity index (χ1) is 8.93. The van der Waals surface area contributed by atoms with Crippen LogP contribution < -0.4 is 0 Å². The highest BCUT2D eigenvalue weighted by atomic mass is 32.1. The minimum atomic E-state index is -0.101. The van der Waals surface area contributed by atoms with Gasteiger partial charge in [0.15, 0.2) is 0 Å². The van der Waals surface area contributed by atoms with Crippen LogP contribution in [-0.2, 0) is 11.8 Å². The van der Waals surface area contributed by atoms with E-state index in [0.717, 1.165) is 18.8 Å². The second-order valence-electron chi connectivity index (χ2n) is 7.40. The van der Waals surface area contributed by atoms with Gasteiger partial charge in [-0.15, -0.1) is 11.3 Å². The number of thiazole rings is 1. The van der Waals surface area contributed by atoms with Crippen LogP contribution in [0, 0.1) is 28.6 Å². The van der Waals surface area contributed by atoms with Gasteiger partial charge in [-0.25, -0.2) is 4.98 Å². The molecule has 0 saturated heterocycles. The molecular weight excluding hydrogens is 252 g/mol. The van der Waals surface area contributed by atoms with Crippen LogP contribution in [0.25, 0.3) is 0 Å². The molecule has 1 heterocycles. The Morgan fingerprint density at radius 2 is 2.26 bits per heavy atom. The van der Waals surface area contributed by atoms with Crippen LogP contribution in [0.2, 0.25) is 0 Å². The summed E-state index contributed by atoms with van der Waals surface area (Å²) in [5.74, 6) is 1.44. The summed E-state index contributed by atoms with van der Waals surface area (Å²) in [6, 6.07) is 2.67. The normalized spacial score (nSPS) is 33.6. The van der Waals surface area contributed by atoms with Crippen LogP contribution in [-0.4, -0.2) is 4.98 Å². The zero-order valence-electron chi connectivity index (χ0n) is 12.1. The number of hydrogen-bond donors (Lipinski definition) is 0. The van der Waals surface area contributed by atoms with Crippen molar-refractivity contribution in [1.82, 2.24) is 4.98 Å². The molecule has 0 aliphatic heterocycles. The van der Waals surface area contributed by atoms with E-state index in [9.17, 15) is 5.26 Å². The smallest absolute Gasteiger partial charge is 0.0944 e. The SMILES string of the molecule is CC(C)(C)c1csc(CC2(C#N)CC3CCC2C3)n1. The summed E-state index contributed by atoms with van der Waals surface area (Å²) in [5.41, 5.74) is 1.18. The molecule has 19 heavy (non-hydrogen) atoms. The van der Waals surface area contributed by atoms with Crippen molar-refractivity contribution in [3.05, 3.63) is 16.1 Å². The van der Waals surface area contributed by atoms with E-state index in [4.69, 9.17) is 4.98 Å². The fourth-order valence-corrected chi connectivity index (χ4v) is 4.99. The molecule has 102 valence electrons. The zero-order valence-corrected chi connectivity index (χ0v) is 12.9. The maximum atomic E-state index is 9.69. The van der Waals surface area contributed by atoms with Crippen LogP contribution in [0.1, 0.15) is 57.2 Å². The van der Waals surface area contributed by atoms with Crippen LogP contribution in [0.15, 0.2) is 5.38 Å². The van der Waals surface area contributed by atoms with Gasteiger partial charge in [0.2, 0.25) is 0 Å². The van der Waals surface area contributed by atoms with E-state index in [1.54, 1.807) is 11.3 Å². The fraction of sp³-hybridized carbons (Fsp3) is 0.750. The molecule has 1 aromatic rings. The Labute approximate surface area is 119 Å². The first-order valence-corrected chi connectivity index (χ1v) is 8.17. The van der Waals surface area contributed by atoms with Gasteiger partial charge >= 0.3 is 0 Å². The molecule has 2 bridgehead atoms. The van der Waals surface area contributed by atoms with Crippen molar-refractivity contribution in [2.75, 3.05) is 0 Å². The summed E-state index contributed by atoms with van der Waals surface area (Å²) >= 11 is 1.74. The zero-order chi connectivity index (χ0) is 13.7. The molecular formula is C16H22N2S. The van der Waals surface area contributed by atoms with Crippen LogP contribution in [0.5, 0.6) is 0 Å². The number of fused-ring (bicyclic) bond motifs is 2. The summed E-state index contributed by atoms with van der Waals surface area (Å²) in [6.45, 7) is 6.59. The molecule has 2 saturated carbocycles. The highest BCUT2D eigenvalue weighted by Gasteiger charge is 2.51. The number of rotatable bonds is 2. The predicted octanol–water partition coefficient (Wildman–Crippen LogP) is 4.31. The molecule has 3 heteroatoms. The number of nitrogens with zero attached hydrogens (tertiary/aromatic N) is 2. The summed E-state index contributed by atoms with van der Waals surface area (Å²) in [7, 11) is 0. The molecule has 0 spiro atoms. The lowest BCUT2D eigenvalue weighted by Gasteiger charge is -2.30.